The quantitative estimate of drug-likeness (QED) is 0.237. The molecule has 0 aliphatic carbocycles. The number of benzene rings is 1. The number of nitrogens with zero attached hydrogens (tertiary/aromatic N) is 7. The number of aliphatic hydroxyl groups excluding tert-OH is 1. The Labute approximate surface area is 463 Å². The molecule has 21 heteroatoms. The Morgan fingerprint density at radius 3 is 1.56 bits per heavy atom. The first-order valence-corrected chi connectivity index (χ1v) is 27.9. The minimum Gasteiger partial charge on any atom is -0.391 e. The lowest BCUT2D eigenvalue weighted by molar-refractivity contribution is -0.152. The third-order valence-corrected chi connectivity index (χ3v) is 15.4. The van der Waals surface area contributed by atoms with Crippen molar-refractivity contribution < 1.29 is 53.1 Å². The molecule has 21 nitrogen and oxygen atoms in total. The van der Waals surface area contributed by atoms with Gasteiger partial charge < -0.3 is 55.4 Å². The van der Waals surface area contributed by atoms with Crippen LogP contribution >= 0.6 is 0 Å². The number of nitrogens with one attached hydrogen (secondary N) is 3. The van der Waals surface area contributed by atoms with Crippen LogP contribution in [0, 0.1) is 23.7 Å². The Kier molecular flexibility index (Phi) is 25.7. The topological polar surface area (TPSA) is 250 Å². The lowest BCUT2D eigenvalue weighted by atomic mass is 9.94. The average molecular weight is 1100 g/mol. The van der Waals surface area contributed by atoms with Crippen molar-refractivity contribution in [1.29, 1.82) is 0 Å². The van der Waals surface area contributed by atoms with E-state index in [9.17, 15) is 53.1 Å². The highest BCUT2D eigenvalue weighted by molar-refractivity contribution is 5.99. The summed E-state index contributed by atoms with van der Waals surface area (Å²) in [7, 11) is 8.45. The standard InChI is InChI=1S/C57H94N10O11/c1-17-37(8)48-57(78)65(15)43(29-35(4)5)50(71)58-41(54(75)67-26-22-19-23-27-67)32-46(69)62(12)38(9)53(74)66(16)45(30-36(6)7)55(76)64(14)44(31-40-24-20-18-21-25-40)52(73)60-49(39(10)68)56(77)61(11)33-47(70)63(13)42(28-34(2)3)51(72)59-48/h18,20-21,24-25,34-39,41-45,48-49,68H,17,19,22-23,26-33H2,1-16H3,(H,58,71)(H,59,72)(H,60,73)/t37-,38-,39+,41-,42-,43-,44-,45-,48-,49-/m0/s1. The number of carbonyl (C=O) groups excluding carboxylic acids is 10. The fourth-order valence-corrected chi connectivity index (χ4v) is 9.98. The summed E-state index contributed by atoms with van der Waals surface area (Å²) < 4.78 is 0. The van der Waals surface area contributed by atoms with Gasteiger partial charge in [-0.15, -0.1) is 0 Å². The van der Waals surface area contributed by atoms with Crippen LogP contribution < -0.4 is 16.0 Å². The van der Waals surface area contributed by atoms with Gasteiger partial charge in [-0.1, -0.05) is 92.1 Å². The van der Waals surface area contributed by atoms with Crippen LogP contribution in [-0.4, -0.2) is 215 Å². The van der Waals surface area contributed by atoms with Crippen molar-refractivity contribution in [2.24, 2.45) is 23.7 Å². The van der Waals surface area contributed by atoms with E-state index in [0.717, 1.165) is 24.2 Å². The molecule has 3 rings (SSSR count). The fourth-order valence-electron chi connectivity index (χ4n) is 9.98. The Hall–Kier alpha value is -6.12. The molecule has 2 aliphatic rings. The van der Waals surface area contributed by atoms with E-state index in [-0.39, 0.29) is 43.4 Å². The normalized spacial score (nSPS) is 26.3. The molecule has 2 saturated heterocycles. The van der Waals surface area contributed by atoms with Gasteiger partial charge >= 0.3 is 0 Å². The number of aliphatic hydroxyl groups is 1. The van der Waals surface area contributed by atoms with E-state index in [4.69, 9.17) is 0 Å². The van der Waals surface area contributed by atoms with Crippen molar-refractivity contribution in [1.82, 2.24) is 50.2 Å². The van der Waals surface area contributed by atoms with Crippen LogP contribution in [0.3, 0.4) is 0 Å². The van der Waals surface area contributed by atoms with Gasteiger partial charge in [0.05, 0.1) is 19.1 Å². The first-order chi connectivity index (χ1) is 36.4. The predicted octanol–water partition coefficient (Wildman–Crippen LogP) is 2.28. The van der Waals surface area contributed by atoms with Crippen molar-refractivity contribution >= 4 is 59.1 Å². The van der Waals surface area contributed by atoms with Gasteiger partial charge in [0, 0.05) is 61.8 Å². The molecule has 4 N–H and O–H groups in total. The summed E-state index contributed by atoms with van der Waals surface area (Å²) in [5, 5.41) is 19.5. The molecule has 0 spiro atoms. The number of likely N-dealkylation sites (tertiary alicyclic amines) is 1. The Morgan fingerprint density at radius 1 is 0.564 bits per heavy atom. The summed E-state index contributed by atoms with van der Waals surface area (Å²) in [6.07, 6.45) is 1.13. The van der Waals surface area contributed by atoms with Gasteiger partial charge in [-0.05, 0) is 81.6 Å². The largest absolute Gasteiger partial charge is 0.391 e. The van der Waals surface area contributed by atoms with E-state index in [2.05, 4.69) is 16.0 Å². The molecule has 0 saturated carbocycles. The van der Waals surface area contributed by atoms with Crippen LogP contribution in [0.5, 0.6) is 0 Å². The summed E-state index contributed by atoms with van der Waals surface area (Å²) in [4.78, 5) is 154. The SMILES string of the molecule is CC[C@H](C)[C@@H]1NC(=O)[C@H](CC(C)C)N(C)C(=O)CN(C)C(=O)[C@H]([C@@H](C)O)NC(=O)[C@H](Cc2ccccc2)N(C)C(=O)[C@H](CC(C)C)N(C)C(=O)[C@H](C)N(C)C(=O)C[C@@H](C(=O)N2CCCCC2)NC(=O)[C@H](CC(C)C)N(C)C1=O. The lowest BCUT2D eigenvalue weighted by Gasteiger charge is -2.38. The molecule has 0 unspecified atom stereocenters. The molecule has 1 aromatic rings. The minimum atomic E-state index is -1.61. The number of carbonyl (C=O) groups is 10. The monoisotopic (exact) mass is 1090 g/mol. The second-order valence-electron chi connectivity index (χ2n) is 23.1. The number of hydrogen-bond donors (Lipinski definition) is 4. The number of piperidine rings is 1. The van der Waals surface area contributed by atoms with Gasteiger partial charge in [-0.3, -0.25) is 47.9 Å². The molecule has 0 bridgehead atoms. The summed E-state index contributed by atoms with van der Waals surface area (Å²) in [5.74, 6) is -7.58. The van der Waals surface area contributed by atoms with Crippen molar-refractivity contribution in [3.63, 3.8) is 0 Å². The fraction of sp³-hybridized carbons (Fsp3) is 0.719. The molecular formula is C57H94N10O11. The minimum absolute atomic E-state index is 0.0421. The molecule has 2 heterocycles. The number of amides is 10. The van der Waals surface area contributed by atoms with E-state index in [1.165, 1.54) is 80.6 Å². The molecule has 2 aliphatic heterocycles. The van der Waals surface area contributed by atoms with E-state index in [1.54, 1.807) is 42.2 Å². The van der Waals surface area contributed by atoms with Crippen molar-refractivity contribution in [3.05, 3.63) is 35.9 Å². The van der Waals surface area contributed by atoms with E-state index in [0.29, 0.717) is 25.1 Å². The van der Waals surface area contributed by atoms with Crippen LogP contribution in [0.4, 0.5) is 0 Å². The maximum absolute atomic E-state index is 14.9. The molecule has 78 heavy (non-hydrogen) atoms. The van der Waals surface area contributed by atoms with E-state index >= 15 is 0 Å². The molecule has 2 fully saturated rings. The molecule has 438 valence electrons. The highest BCUT2D eigenvalue weighted by Crippen LogP contribution is 2.23. The third kappa shape index (κ3) is 18.0. The van der Waals surface area contributed by atoms with E-state index < -0.39 is 132 Å². The summed E-state index contributed by atoms with van der Waals surface area (Å²) in [6.45, 7) is 17.9. The summed E-state index contributed by atoms with van der Waals surface area (Å²) >= 11 is 0. The predicted molar refractivity (Wildman–Crippen MR) is 297 cm³/mol. The number of likely N-dealkylation sites (N-methyl/N-ethyl adjacent to an activating group) is 6. The van der Waals surface area contributed by atoms with E-state index in [1.807, 2.05) is 48.5 Å². The van der Waals surface area contributed by atoms with Gasteiger partial charge in [0.1, 0.15) is 48.3 Å². The zero-order valence-corrected chi connectivity index (χ0v) is 49.5. The highest BCUT2D eigenvalue weighted by atomic mass is 16.3. The van der Waals surface area contributed by atoms with Crippen LogP contribution in [0.25, 0.3) is 0 Å². The molecule has 1 aromatic carbocycles. The van der Waals surface area contributed by atoms with Crippen molar-refractivity contribution in [2.75, 3.05) is 61.9 Å². The van der Waals surface area contributed by atoms with Gasteiger partial charge in [0.2, 0.25) is 59.1 Å². The molecule has 0 radical (unpaired) electrons. The second-order valence-corrected chi connectivity index (χ2v) is 23.1. The first-order valence-electron chi connectivity index (χ1n) is 27.9. The van der Waals surface area contributed by atoms with Crippen molar-refractivity contribution in [3.8, 4) is 0 Å². The molecule has 10 amide bonds. The summed E-state index contributed by atoms with van der Waals surface area (Å²) in [5.41, 5.74) is 0.656. The highest BCUT2D eigenvalue weighted by Gasteiger charge is 2.43. The Bertz CT molecular complexity index is 2240. The maximum atomic E-state index is 14.9. The maximum Gasteiger partial charge on any atom is 0.248 e. The third-order valence-electron chi connectivity index (χ3n) is 15.4. The zero-order chi connectivity index (χ0) is 59.0. The Balaban J connectivity index is 2.29. The Morgan fingerprint density at radius 2 is 1.04 bits per heavy atom. The second kappa shape index (κ2) is 30.3. The van der Waals surface area contributed by atoms with Gasteiger partial charge in [-0.25, -0.2) is 0 Å². The molecule has 10 atom stereocenters. The van der Waals surface area contributed by atoms with Gasteiger partial charge in [0.15, 0.2) is 0 Å². The van der Waals surface area contributed by atoms with Crippen LogP contribution in [0.1, 0.15) is 126 Å². The van der Waals surface area contributed by atoms with Crippen LogP contribution in [0.15, 0.2) is 30.3 Å². The van der Waals surface area contributed by atoms with Crippen LogP contribution in [0.2, 0.25) is 0 Å². The molecular weight excluding hydrogens is 1000 g/mol. The lowest BCUT2D eigenvalue weighted by Crippen LogP contribution is -2.62. The number of hydrogen-bond acceptors (Lipinski definition) is 11. The first kappa shape index (κ1) is 66.2. The smallest absolute Gasteiger partial charge is 0.248 e. The zero-order valence-electron chi connectivity index (χ0n) is 49.5. The van der Waals surface area contributed by atoms with Gasteiger partial charge in [-0.2, -0.15) is 0 Å². The van der Waals surface area contributed by atoms with Crippen molar-refractivity contribution in [2.45, 2.75) is 181 Å². The number of rotatable bonds is 12. The average Bonchev–Trinajstić information content (AvgIpc) is 3.40. The molecule has 0 aromatic heterocycles. The van der Waals surface area contributed by atoms with Gasteiger partial charge in [0.25, 0.3) is 0 Å². The van der Waals surface area contributed by atoms with Crippen LogP contribution in [-0.2, 0) is 54.4 Å². The summed E-state index contributed by atoms with van der Waals surface area (Å²) in [6, 6.07) is -1.32.